The van der Waals surface area contributed by atoms with Crippen molar-refractivity contribution in [2.75, 3.05) is 5.75 Å². The number of hydrogen-bond acceptors (Lipinski definition) is 7. The number of nitrogens with zero attached hydrogens (tertiary/aromatic N) is 4. The predicted octanol–water partition coefficient (Wildman–Crippen LogP) is 1.46. The zero-order valence-corrected chi connectivity index (χ0v) is 17.6. The Morgan fingerprint density at radius 1 is 1.23 bits per heavy atom. The van der Waals surface area contributed by atoms with Crippen LogP contribution in [0.3, 0.4) is 0 Å². The van der Waals surface area contributed by atoms with Crippen LogP contribution in [0.1, 0.15) is 17.8 Å². The third kappa shape index (κ3) is 8.05. The number of halogens is 5. The van der Waals surface area contributed by atoms with Crippen LogP contribution in [0, 0.1) is 0 Å². The number of alkyl halides is 3. The number of sulfonamides is 1. The van der Waals surface area contributed by atoms with Gasteiger partial charge in [0.2, 0.25) is 10.0 Å². The van der Waals surface area contributed by atoms with E-state index in [4.69, 9.17) is 28.3 Å². The van der Waals surface area contributed by atoms with Gasteiger partial charge < -0.3 is 5.11 Å². The fourth-order valence-corrected chi connectivity index (χ4v) is 4.09. The van der Waals surface area contributed by atoms with Crippen LogP contribution in [-0.2, 0) is 32.6 Å². The van der Waals surface area contributed by atoms with Crippen molar-refractivity contribution in [2.24, 2.45) is 0 Å². The van der Waals surface area contributed by atoms with Crippen LogP contribution in [-0.4, -0.2) is 63.5 Å². The highest BCUT2D eigenvalue weighted by molar-refractivity contribution is 7.89. The molecule has 2 aromatic rings. The molecule has 16 heteroatoms. The Morgan fingerprint density at radius 2 is 1.84 bits per heavy atom. The molecule has 170 valence electrons. The van der Waals surface area contributed by atoms with Crippen LogP contribution in [0.4, 0.5) is 13.2 Å². The average Bonchev–Trinajstić information content (AvgIpc) is 3.02. The minimum absolute atomic E-state index is 0.0451. The highest BCUT2D eigenvalue weighted by Crippen LogP contribution is 2.25. The number of aromatic nitrogens is 4. The zero-order chi connectivity index (χ0) is 23.4. The van der Waals surface area contributed by atoms with Gasteiger partial charge in [-0.25, -0.2) is 13.1 Å². The summed E-state index contributed by atoms with van der Waals surface area (Å²) in [5.41, 5.74) is 0.486. The van der Waals surface area contributed by atoms with Gasteiger partial charge >= 0.3 is 12.1 Å². The molecule has 1 heterocycles. The van der Waals surface area contributed by atoms with E-state index >= 15 is 0 Å². The molecule has 1 unspecified atom stereocenters. The number of nitrogens with one attached hydrogen (secondary N) is 1. The fraction of sp³-hybridized carbons (Fsp3) is 0.400. The van der Waals surface area contributed by atoms with Crippen LogP contribution in [0.15, 0.2) is 18.2 Å². The molecule has 0 aliphatic rings. The molecule has 0 amide bonds. The number of carbonyl (C=O) groups is 2. The monoisotopic (exact) mass is 503 g/mol. The van der Waals surface area contributed by atoms with Crippen LogP contribution in [0.5, 0.6) is 0 Å². The van der Waals surface area contributed by atoms with Gasteiger partial charge in [-0.2, -0.15) is 18.0 Å². The van der Waals surface area contributed by atoms with E-state index in [0.29, 0.717) is 15.6 Å². The molecular formula is C15H14Cl2F3N5O5S. The van der Waals surface area contributed by atoms with E-state index in [9.17, 15) is 31.2 Å². The van der Waals surface area contributed by atoms with E-state index in [0.717, 1.165) is 4.80 Å². The molecule has 0 saturated heterocycles. The maximum absolute atomic E-state index is 12.4. The summed E-state index contributed by atoms with van der Waals surface area (Å²) in [5.74, 6) is -4.86. The summed E-state index contributed by atoms with van der Waals surface area (Å²) in [5, 5.41) is 20.7. The minimum Gasteiger partial charge on any atom is -0.481 e. The van der Waals surface area contributed by atoms with Gasteiger partial charge in [0, 0.05) is 16.5 Å². The molecule has 0 fully saturated rings. The van der Waals surface area contributed by atoms with E-state index in [1.165, 1.54) is 4.72 Å². The smallest absolute Gasteiger partial charge is 0.404 e. The number of rotatable bonds is 10. The molecule has 0 aliphatic heterocycles. The minimum atomic E-state index is -5.08. The van der Waals surface area contributed by atoms with E-state index in [-0.39, 0.29) is 12.2 Å². The van der Waals surface area contributed by atoms with Gasteiger partial charge in [0.25, 0.3) is 0 Å². The Labute approximate surface area is 183 Å². The summed E-state index contributed by atoms with van der Waals surface area (Å²) >= 11 is 12.1. The highest BCUT2D eigenvalue weighted by Gasteiger charge is 2.37. The van der Waals surface area contributed by atoms with Crippen LogP contribution >= 0.6 is 23.2 Å². The van der Waals surface area contributed by atoms with E-state index < -0.39 is 52.7 Å². The molecule has 0 aliphatic carbocycles. The van der Waals surface area contributed by atoms with Crippen molar-refractivity contribution in [3.63, 3.8) is 0 Å². The first-order valence-corrected chi connectivity index (χ1v) is 10.7. The number of carboxylic acid groups (broad SMARTS) is 1. The van der Waals surface area contributed by atoms with E-state index in [1.807, 2.05) is 0 Å². The normalized spacial score (nSPS) is 13.2. The van der Waals surface area contributed by atoms with Gasteiger partial charge in [-0.1, -0.05) is 29.3 Å². The molecule has 1 atom stereocenters. The lowest BCUT2D eigenvalue weighted by molar-refractivity contribution is -0.139. The number of ketones is 1. The fourth-order valence-electron chi connectivity index (χ4n) is 2.39. The molecule has 2 N–H and O–H groups in total. The second kappa shape index (κ2) is 9.89. The van der Waals surface area contributed by atoms with Gasteiger partial charge in [0.15, 0.2) is 17.4 Å². The van der Waals surface area contributed by atoms with Crippen LogP contribution in [0.2, 0.25) is 10.0 Å². The van der Waals surface area contributed by atoms with Crippen molar-refractivity contribution in [2.45, 2.75) is 31.6 Å². The quantitative estimate of drug-likeness (QED) is 0.495. The Bertz CT molecular complexity index is 1060. The molecule has 0 spiro atoms. The number of aliphatic carboxylic acids is 1. The number of benzene rings is 1. The number of Topliss-reactive ketones (excluding diaryl/α,β-unsaturated/α-hetero) is 1. The first kappa shape index (κ1) is 25.0. The molecule has 31 heavy (non-hydrogen) atoms. The maximum Gasteiger partial charge on any atom is 0.404 e. The third-order valence-electron chi connectivity index (χ3n) is 3.63. The summed E-state index contributed by atoms with van der Waals surface area (Å²) in [4.78, 5) is 24.0. The lowest BCUT2D eigenvalue weighted by atomic mass is 10.1. The van der Waals surface area contributed by atoms with E-state index in [2.05, 4.69) is 15.4 Å². The third-order valence-corrected chi connectivity index (χ3v) is 5.69. The lowest BCUT2D eigenvalue weighted by Gasteiger charge is -2.16. The van der Waals surface area contributed by atoms with Crippen molar-refractivity contribution < 1.29 is 36.3 Å². The maximum atomic E-state index is 12.4. The second-order valence-electron chi connectivity index (χ2n) is 6.22. The van der Waals surface area contributed by atoms with Crippen molar-refractivity contribution >= 4 is 45.0 Å². The lowest BCUT2D eigenvalue weighted by Crippen LogP contribution is -2.46. The number of hydrogen-bond donors (Lipinski definition) is 2. The number of tetrazole rings is 1. The number of carbonyl (C=O) groups excluding carboxylic acids is 1. The first-order valence-electron chi connectivity index (χ1n) is 8.26. The SMILES string of the molecule is O=C(O)CC(NS(=O)(=O)CC(F)(F)F)C(=O)Cn1nnc(Cc2c(Cl)cccc2Cl)n1. The Kier molecular flexibility index (Phi) is 7.97. The Hall–Kier alpha value is -2.29. The molecule has 0 saturated carbocycles. The molecule has 1 aromatic carbocycles. The van der Waals surface area contributed by atoms with Crippen molar-refractivity contribution in [1.29, 1.82) is 0 Å². The molecule has 1 aromatic heterocycles. The summed E-state index contributed by atoms with van der Waals surface area (Å²) in [6, 6.07) is 2.83. The van der Waals surface area contributed by atoms with Gasteiger partial charge in [-0.15, -0.1) is 10.2 Å². The van der Waals surface area contributed by atoms with Gasteiger partial charge in [0.1, 0.15) is 6.54 Å². The number of carboxylic acids is 1. The van der Waals surface area contributed by atoms with Gasteiger partial charge in [-0.05, 0) is 22.9 Å². The summed E-state index contributed by atoms with van der Waals surface area (Å²) < 4.78 is 61.8. The topological polar surface area (TPSA) is 144 Å². The summed E-state index contributed by atoms with van der Waals surface area (Å²) in [7, 11) is -5.02. The van der Waals surface area contributed by atoms with Crippen molar-refractivity contribution in [1.82, 2.24) is 24.9 Å². The molecule has 10 nitrogen and oxygen atoms in total. The van der Waals surface area contributed by atoms with Crippen molar-refractivity contribution in [3.05, 3.63) is 39.6 Å². The van der Waals surface area contributed by atoms with Gasteiger partial charge in [0.05, 0.1) is 12.5 Å². The first-order chi connectivity index (χ1) is 14.3. The molecule has 0 radical (unpaired) electrons. The molecule has 2 rings (SSSR count). The van der Waals surface area contributed by atoms with Crippen molar-refractivity contribution in [3.8, 4) is 0 Å². The summed E-state index contributed by atoms with van der Waals surface area (Å²) in [6.45, 7) is -0.740. The Morgan fingerprint density at radius 3 is 2.39 bits per heavy atom. The molecular weight excluding hydrogens is 490 g/mol. The van der Waals surface area contributed by atoms with Crippen LogP contribution in [0.25, 0.3) is 0 Å². The molecule has 0 bridgehead atoms. The Balaban J connectivity index is 2.12. The zero-order valence-electron chi connectivity index (χ0n) is 15.3. The van der Waals surface area contributed by atoms with Crippen LogP contribution < -0.4 is 4.72 Å². The highest BCUT2D eigenvalue weighted by atomic mass is 35.5. The largest absolute Gasteiger partial charge is 0.481 e. The van der Waals surface area contributed by atoms with Gasteiger partial charge in [-0.3, -0.25) is 9.59 Å². The standard InChI is InChI=1S/C15H14Cl2F3N5O5S/c16-9-2-1-3-10(17)8(9)4-13-21-24-25(22-13)6-12(26)11(5-14(27)28)23-31(29,30)7-15(18,19)20/h1-3,11,23H,4-7H2,(H,27,28). The summed E-state index contributed by atoms with van der Waals surface area (Å²) in [6.07, 6.45) is -6.11. The van der Waals surface area contributed by atoms with E-state index in [1.54, 1.807) is 18.2 Å². The predicted molar refractivity (Wildman–Crippen MR) is 101 cm³/mol. The second-order valence-corrected chi connectivity index (χ2v) is 8.79. The average molecular weight is 504 g/mol.